The molecule has 3 heteroatoms. The first kappa shape index (κ1) is 11.0. The van der Waals surface area contributed by atoms with Crippen molar-refractivity contribution in [1.82, 2.24) is 0 Å². The minimum Gasteiger partial charge on any atom is -0.411 e. The van der Waals surface area contributed by atoms with Gasteiger partial charge in [0.2, 0.25) is 0 Å². The van der Waals surface area contributed by atoms with E-state index in [1.807, 2.05) is 48.5 Å². The van der Waals surface area contributed by atoms with Gasteiger partial charge in [0.15, 0.2) is 0 Å². The zero-order valence-electron chi connectivity index (χ0n) is 9.74. The minimum absolute atomic E-state index is 0.412. The molecule has 3 nitrogen and oxygen atoms in total. The van der Waals surface area contributed by atoms with E-state index < -0.39 is 6.10 Å². The van der Waals surface area contributed by atoms with Crippen molar-refractivity contribution in [2.24, 2.45) is 5.16 Å². The van der Waals surface area contributed by atoms with Gasteiger partial charge in [0.25, 0.3) is 0 Å². The molecule has 0 radical (unpaired) electrons. The zero-order chi connectivity index (χ0) is 12.5. The Labute approximate surface area is 105 Å². The molecule has 0 aliphatic heterocycles. The Kier molecular flexibility index (Phi) is 2.61. The van der Waals surface area contributed by atoms with Gasteiger partial charge in [-0.2, -0.15) is 0 Å². The molecular formula is C15H13NO2. The molecule has 1 unspecified atom stereocenters. The lowest BCUT2D eigenvalue weighted by Gasteiger charge is -2.07. The van der Waals surface area contributed by atoms with Crippen LogP contribution >= 0.6 is 0 Å². The molecule has 0 bridgehead atoms. The van der Waals surface area contributed by atoms with Crippen molar-refractivity contribution in [2.75, 3.05) is 0 Å². The van der Waals surface area contributed by atoms with E-state index in [0.717, 1.165) is 22.3 Å². The van der Waals surface area contributed by atoms with Crippen LogP contribution in [-0.2, 0) is 6.42 Å². The summed E-state index contributed by atoms with van der Waals surface area (Å²) < 4.78 is 0. The summed E-state index contributed by atoms with van der Waals surface area (Å²) in [4.78, 5) is 0. The monoisotopic (exact) mass is 239 g/mol. The van der Waals surface area contributed by atoms with Gasteiger partial charge in [0.05, 0.1) is 5.71 Å². The number of nitrogens with zero attached hydrogens (tertiary/aromatic N) is 1. The van der Waals surface area contributed by atoms with Crippen LogP contribution in [0.1, 0.15) is 17.2 Å². The van der Waals surface area contributed by atoms with Gasteiger partial charge in [0, 0.05) is 6.42 Å². The smallest absolute Gasteiger partial charge is 0.121 e. The summed E-state index contributed by atoms with van der Waals surface area (Å²) in [6, 6.07) is 16.0. The fraction of sp³-hybridized carbons (Fsp3) is 0.133. The molecule has 0 heterocycles. The topological polar surface area (TPSA) is 52.8 Å². The maximum Gasteiger partial charge on any atom is 0.121 e. The largest absolute Gasteiger partial charge is 0.411 e. The third kappa shape index (κ3) is 1.69. The number of hydrogen-bond acceptors (Lipinski definition) is 3. The highest BCUT2D eigenvalue weighted by Gasteiger charge is 2.27. The number of aliphatic hydroxyl groups is 1. The van der Waals surface area contributed by atoms with E-state index in [4.69, 9.17) is 5.21 Å². The van der Waals surface area contributed by atoms with Gasteiger partial charge in [-0.05, 0) is 28.3 Å². The van der Waals surface area contributed by atoms with Gasteiger partial charge in [-0.25, -0.2) is 0 Å². The van der Waals surface area contributed by atoms with E-state index in [0.29, 0.717) is 12.1 Å². The minimum atomic E-state index is -0.784. The summed E-state index contributed by atoms with van der Waals surface area (Å²) in [5, 5.41) is 22.0. The van der Waals surface area contributed by atoms with E-state index in [-0.39, 0.29) is 0 Å². The average molecular weight is 239 g/mol. The molecule has 0 aromatic heterocycles. The van der Waals surface area contributed by atoms with Gasteiger partial charge >= 0.3 is 0 Å². The van der Waals surface area contributed by atoms with Crippen LogP contribution in [0.4, 0.5) is 0 Å². The maximum atomic E-state index is 10.0. The van der Waals surface area contributed by atoms with Crippen LogP contribution in [-0.4, -0.2) is 16.0 Å². The van der Waals surface area contributed by atoms with Crippen LogP contribution in [0.2, 0.25) is 0 Å². The van der Waals surface area contributed by atoms with Gasteiger partial charge < -0.3 is 10.3 Å². The van der Waals surface area contributed by atoms with Crippen LogP contribution in [0.15, 0.2) is 53.7 Å². The second-order valence-electron chi connectivity index (χ2n) is 4.45. The maximum absolute atomic E-state index is 10.0. The summed E-state index contributed by atoms with van der Waals surface area (Å²) in [5.74, 6) is 0. The Morgan fingerprint density at radius 1 is 1.00 bits per heavy atom. The number of benzene rings is 2. The fourth-order valence-corrected chi connectivity index (χ4v) is 2.38. The van der Waals surface area contributed by atoms with Gasteiger partial charge in [-0.3, -0.25) is 0 Å². The Bertz CT molecular complexity index is 605. The van der Waals surface area contributed by atoms with Gasteiger partial charge in [-0.1, -0.05) is 47.6 Å². The SMILES string of the molecule is O/N=C1/Cc2ccc(-c3ccccc3)cc2C1O. The first-order valence-electron chi connectivity index (χ1n) is 5.86. The summed E-state index contributed by atoms with van der Waals surface area (Å²) in [7, 11) is 0. The van der Waals surface area contributed by atoms with Crippen molar-refractivity contribution < 1.29 is 10.3 Å². The summed E-state index contributed by atoms with van der Waals surface area (Å²) in [5.41, 5.74) is 4.45. The molecule has 2 aromatic carbocycles. The lowest BCUT2D eigenvalue weighted by Crippen LogP contribution is -2.05. The molecule has 1 aliphatic rings. The highest BCUT2D eigenvalue weighted by atomic mass is 16.4. The van der Waals surface area contributed by atoms with Crippen molar-refractivity contribution in [3.8, 4) is 11.1 Å². The van der Waals surface area contributed by atoms with Crippen molar-refractivity contribution in [3.63, 3.8) is 0 Å². The van der Waals surface area contributed by atoms with Crippen molar-refractivity contribution in [3.05, 3.63) is 59.7 Å². The zero-order valence-corrected chi connectivity index (χ0v) is 9.74. The Balaban J connectivity index is 2.06. The van der Waals surface area contributed by atoms with Crippen molar-refractivity contribution in [2.45, 2.75) is 12.5 Å². The predicted molar refractivity (Wildman–Crippen MR) is 69.8 cm³/mol. The average Bonchev–Trinajstić information content (AvgIpc) is 2.76. The highest BCUT2D eigenvalue weighted by molar-refractivity contribution is 5.95. The van der Waals surface area contributed by atoms with E-state index >= 15 is 0 Å². The predicted octanol–water partition coefficient (Wildman–Crippen LogP) is 2.77. The number of aliphatic hydroxyl groups excluding tert-OH is 1. The Morgan fingerprint density at radius 3 is 2.50 bits per heavy atom. The van der Waals surface area contributed by atoms with E-state index in [9.17, 15) is 5.11 Å². The van der Waals surface area contributed by atoms with E-state index in [1.165, 1.54) is 0 Å². The number of rotatable bonds is 1. The number of fused-ring (bicyclic) bond motifs is 1. The normalized spacial score (nSPS) is 20.1. The third-order valence-electron chi connectivity index (χ3n) is 3.36. The second-order valence-corrected chi connectivity index (χ2v) is 4.45. The van der Waals surface area contributed by atoms with Gasteiger partial charge in [-0.15, -0.1) is 0 Å². The molecule has 0 saturated heterocycles. The molecule has 0 fully saturated rings. The molecule has 0 amide bonds. The lowest BCUT2D eigenvalue weighted by atomic mass is 10.00. The van der Waals surface area contributed by atoms with Crippen LogP contribution in [0, 0.1) is 0 Å². The van der Waals surface area contributed by atoms with Crippen LogP contribution < -0.4 is 0 Å². The molecule has 1 aliphatic carbocycles. The standard InChI is InChI=1S/C15H13NO2/c17-15-13-8-11(10-4-2-1-3-5-10)6-7-12(13)9-14(15)16-18/h1-8,15,17-18H,9H2/b16-14-. The molecule has 90 valence electrons. The van der Waals surface area contributed by atoms with E-state index in [2.05, 4.69) is 5.16 Å². The molecule has 1 atom stereocenters. The van der Waals surface area contributed by atoms with Crippen LogP contribution in [0.3, 0.4) is 0 Å². The van der Waals surface area contributed by atoms with Crippen LogP contribution in [0.25, 0.3) is 11.1 Å². The first-order chi connectivity index (χ1) is 8.79. The molecule has 2 N–H and O–H groups in total. The third-order valence-corrected chi connectivity index (χ3v) is 3.36. The van der Waals surface area contributed by atoms with E-state index in [1.54, 1.807) is 0 Å². The molecule has 0 spiro atoms. The molecule has 18 heavy (non-hydrogen) atoms. The first-order valence-corrected chi connectivity index (χ1v) is 5.86. The molecule has 3 rings (SSSR count). The van der Waals surface area contributed by atoms with Crippen LogP contribution in [0.5, 0.6) is 0 Å². The molecule has 0 saturated carbocycles. The second kappa shape index (κ2) is 4.27. The summed E-state index contributed by atoms with van der Waals surface area (Å²) >= 11 is 0. The summed E-state index contributed by atoms with van der Waals surface area (Å²) in [6.45, 7) is 0. The number of hydrogen-bond donors (Lipinski definition) is 2. The quantitative estimate of drug-likeness (QED) is 0.594. The Hall–Kier alpha value is -2.13. The fourth-order valence-electron chi connectivity index (χ4n) is 2.38. The van der Waals surface area contributed by atoms with Crippen molar-refractivity contribution in [1.29, 1.82) is 0 Å². The lowest BCUT2D eigenvalue weighted by molar-refractivity contribution is 0.238. The summed E-state index contributed by atoms with van der Waals surface area (Å²) in [6.07, 6.45) is -0.268. The van der Waals surface area contributed by atoms with Crippen molar-refractivity contribution >= 4 is 5.71 Å². The highest BCUT2D eigenvalue weighted by Crippen LogP contribution is 2.32. The molecular weight excluding hydrogens is 226 g/mol. The number of oxime groups is 1. The van der Waals surface area contributed by atoms with Gasteiger partial charge in [0.1, 0.15) is 6.10 Å². The Morgan fingerprint density at radius 2 is 1.78 bits per heavy atom. The molecule has 2 aromatic rings.